The van der Waals surface area contributed by atoms with E-state index in [-0.39, 0.29) is 11.1 Å². The van der Waals surface area contributed by atoms with Crippen LogP contribution in [0.4, 0.5) is 5.82 Å². The van der Waals surface area contributed by atoms with Gasteiger partial charge >= 0.3 is 0 Å². The largest absolute Gasteiger partial charge is 0.441 e. The number of halogens is 1. The van der Waals surface area contributed by atoms with E-state index >= 15 is 0 Å². The lowest BCUT2D eigenvalue weighted by Crippen LogP contribution is -2.35. The number of nitrogen functional groups attached to an aromatic ring is 1. The van der Waals surface area contributed by atoms with E-state index in [2.05, 4.69) is 10.1 Å². The quantitative estimate of drug-likeness (QED) is 0.771. The first-order valence-corrected chi connectivity index (χ1v) is 8.21. The Morgan fingerprint density at radius 3 is 2.71 bits per heavy atom. The van der Waals surface area contributed by atoms with Gasteiger partial charge in [0.15, 0.2) is 16.6 Å². The molecule has 0 radical (unpaired) electrons. The Labute approximate surface area is 143 Å². The number of fused-ring (bicyclic) bond motifs is 1. The molecule has 1 aliphatic heterocycles. The molecule has 7 nitrogen and oxygen atoms in total. The first kappa shape index (κ1) is 15.0. The Morgan fingerprint density at radius 2 is 2.00 bits per heavy atom. The molecule has 124 valence electrons. The SMILES string of the molecule is Nc1cc(C(=O)N2CCCCC2)cc2nc(-c3ccc(Cl)o3)nn12. The van der Waals surface area contributed by atoms with Crippen LogP contribution in [0.2, 0.25) is 5.22 Å². The minimum absolute atomic E-state index is 0.0190. The highest BCUT2D eigenvalue weighted by Gasteiger charge is 2.20. The number of furan rings is 1. The van der Waals surface area contributed by atoms with Gasteiger partial charge in [0, 0.05) is 18.7 Å². The minimum atomic E-state index is -0.0190. The normalized spacial score (nSPS) is 15.1. The van der Waals surface area contributed by atoms with E-state index in [1.807, 2.05) is 4.90 Å². The topological polar surface area (TPSA) is 89.7 Å². The van der Waals surface area contributed by atoms with Crippen molar-refractivity contribution in [2.24, 2.45) is 0 Å². The average molecular weight is 346 g/mol. The number of nitrogens with zero attached hydrogens (tertiary/aromatic N) is 4. The standard InChI is InChI=1S/C16H16ClN5O2/c17-12-5-4-11(24-12)15-19-14-9-10(8-13(18)22(14)20-15)16(23)21-6-2-1-3-7-21/h4-5,8-9H,1-3,6-7,18H2. The van der Waals surface area contributed by atoms with Gasteiger partial charge in [-0.25, -0.2) is 4.98 Å². The number of piperidine rings is 1. The van der Waals surface area contributed by atoms with Crippen LogP contribution >= 0.6 is 11.6 Å². The van der Waals surface area contributed by atoms with Gasteiger partial charge in [-0.05, 0) is 55.1 Å². The molecular formula is C16H16ClN5O2. The van der Waals surface area contributed by atoms with E-state index < -0.39 is 0 Å². The van der Waals surface area contributed by atoms with E-state index in [0.29, 0.717) is 28.6 Å². The van der Waals surface area contributed by atoms with Crippen molar-refractivity contribution in [1.29, 1.82) is 0 Å². The molecule has 4 rings (SSSR count). The van der Waals surface area contributed by atoms with Gasteiger partial charge in [-0.3, -0.25) is 4.79 Å². The number of hydrogen-bond acceptors (Lipinski definition) is 5. The van der Waals surface area contributed by atoms with Crippen LogP contribution in [0.25, 0.3) is 17.2 Å². The lowest BCUT2D eigenvalue weighted by molar-refractivity contribution is 0.0724. The smallest absolute Gasteiger partial charge is 0.254 e. The molecule has 0 bridgehead atoms. The van der Waals surface area contributed by atoms with Gasteiger partial charge in [0.05, 0.1) is 0 Å². The Hall–Kier alpha value is -2.54. The molecule has 0 aromatic carbocycles. The van der Waals surface area contributed by atoms with E-state index in [4.69, 9.17) is 21.8 Å². The van der Waals surface area contributed by atoms with Crippen molar-refractivity contribution in [3.63, 3.8) is 0 Å². The number of pyridine rings is 1. The van der Waals surface area contributed by atoms with Crippen LogP contribution in [-0.2, 0) is 0 Å². The zero-order chi connectivity index (χ0) is 16.7. The predicted molar refractivity (Wildman–Crippen MR) is 89.9 cm³/mol. The highest BCUT2D eigenvalue weighted by Crippen LogP contribution is 2.24. The molecule has 3 aromatic heterocycles. The second kappa shape index (κ2) is 5.83. The van der Waals surface area contributed by atoms with E-state index in [9.17, 15) is 4.79 Å². The summed E-state index contributed by atoms with van der Waals surface area (Å²) in [5, 5.41) is 4.57. The third kappa shape index (κ3) is 2.60. The van der Waals surface area contributed by atoms with Crippen LogP contribution in [0.3, 0.4) is 0 Å². The van der Waals surface area contributed by atoms with Gasteiger partial charge in [-0.2, -0.15) is 4.52 Å². The van der Waals surface area contributed by atoms with Gasteiger partial charge in [0.2, 0.25) is 5.82 Å². The Morgan fingerprint density at radius 1 is 1.21 bits per heavy atom. The summed E-state index contributed by atoms with van der Waals surface area (Å²) in [6, 6.07) is 6.65. The number of rotatable bonds is 2. The molecule has 0 unspecified atom stereocenters. The minimum Gasteiger partial charge on any atom is -0.441 e. The fraction of sp³-hybridized carbons (Fsp3) is 0.312. The van der Waals surface area contributed by atoms with Crippen LogP contribution in [-0.4, -0.2) is 38.5 Å². The third-order valence-electron chi connectivity index (χ3n) is 4.15. The summed E-state index contributed by atoms with van der Waals surface area (Å²) in [6.45, 7) is 1.57. The van der Waals surface area contributed by atoms with Crippen molar-refractivity contribution in [2.45, 2.75) is 19.3 Å². The molecular weight excluding hydrogens is 330 g/mol. The van der Waals surface area contributed by atoms with Gasteiger partial charge in [-0.1, -0.05) is 0 Å². The maximum atomic E-state index is 12.7. The number of likely N-dealkylation sites (tertiary alicyclic amines) is 1. The molecule has 1 aliphatic rings. The van der Waals surface area contributed by atoms with Crippen molar-refractivity contribution in [3.05, 3.63) is 35.0 Å². The summed E-state index contributed by atoms with van der Waals surface area (Å²) in [7, 11) is 0. The number of amides is 1. The summed E-state index contributed by atoms with van der Waals surface area (Å²) in [4.78, 5) is 18.9. The highest BCUT2D eigenvalue weighted by molar-refractivity contribution is 6.28. The predicted octanol–water partition coefficient (Wildman–Crippen LogP) is 2.85. The molecule has 1 fully saturated rings. The van der Waals surface area contributed by atoms with Crippen LogP contribution < -0.4 is 5.73 Å². The van der Waals surface area contributed by atoms with Crippen molar-refractivity contribution >= 4 is 29.0 Å². The van der Waals surface area contributed by atoms with Gasteiger partial charge in [0.1, 0.15) is 5.82 Å². The summed E-state index contributed by atoms with van der Waals surface area (Å²) >= 11 is 5.79. The van der Waals surface area contributed by atoms with Crippen molar-refractivity contribution in [3.8, 4) is 11.6 Å². The summed E-state index contributed by atoms with van der Waals surface area (Å²) < 4.78 is 6.81. The van der Waals surface area contributed by atoms with E-state index in [1.165, 1.54) is 10.9 Å². The number of carbonyl (C=O) groups excluding carboxylic acids is 1. The molecule has 2 N–H and O–H groups in total. The van der Waals surface area contributed by atoms with Crippen molar-refractivity contribution in [1.82, 2.24) is 19.5 Å². The Kier molecular flexibility index (Phi) is 3.65. The number of nitrogens with two attached hydrogens (primary N) is 1. The summed E-state index contributed by atoms with van der Waals surface area (Å²) in [6.07, 6.45) is 3.25. The third-order valence-corrected chi connectivity index (χ3v) is 4.35. The first-order valence-electron chi connectivity index (χ1n) is 7.83. The van der Waals surface area contributed by atoms with Gasteiger partial charge in [0.25, 0.3) is 5.91 Å². The molecule has 3 aromatic rings. The number of hydrogen-bond donors (Lipinski definition) is 1. The van der Waals surface area contributed by atoms with Crippen LogP contribution in [0.1, 0.15) is 29.6 Å². The first-order chi connectivity index (χ1) is 11.6. The molecule has 1 amide bonds. The molecule has 0 spiro atoms. The van der Waals surface area contributed by atoms with Crippen LogP contribution in [0, 0.1) is 0 Å². The van der Waals surface area contributed by atoms with E-state index in [1.54, 1.807) is 24.3 Å². The fourth-order valence-electron chi connectivity index (χ4n) is 2.95. The molecule has 0 atom stereocenters. The molecule has 8 heteroatoms. The monoisotopic (exact) mass is 345 g/mol. The molecule has 0 saturated carbocycles. The average Bonchev–Trinajstić information content (AvgIpc) is 3.21. The Bertz CT molecular complexity index is 910. The number of anilines is 1. The lowest BCUT2D eigenvalue weighted by Gasteiger charge is -2.26. The van der Waals surface area contributed by atoms with Crippen LogP contribution in [0.5, 0.6) is 0 Å². The molecule has 4 heterocycles. The number of aromatic nitrogens is 3. The molecule has 0 aliphatic carbocycles. The summed E-state index contributed by atoms with van der Waals surface area (Å²) in [5.74, 6) is 1.15. The summed E-state index contributed by atoms with van der Waals surface area (Å²) in [5.41, 5.74) is 7.08. The second-order valence-electron chi connectivity index (χ2n) is 5.83. The maximum absolute atomic E-state index is 12.7. The number of carbonyl (C=O) groups is 1. The second-order valence-corrected chi connectivity index (χ2v) is 6.20. The molecule has 1 saturated heterocycles. The Balaban J connectivity index is 1.72. The fourth-order valence-corrected chi connectivity index (χ4v) is 3.10. The highest BCUT2D eigenvalue weighted by atomic mass is 35.5. The molecule has 24 heavy (non-hydrogen) atoms. The van der Waals surface area contributed by atoms with Crippen molar-refractivity contribution in [2.75, 3.05) is 18.8 Å². The van der Waals surface area contributed by atoms with E-state index in [0.717, 1.165) is 25.9 Å². The zero-order valence-corrected chi connectivity index (χ0v) is 13.7. The van der Waals surface area contributed by atoms with Crippen molar-refractivity contribution < 1.29 is 9.21 Å². The maximum Gasteiger partial charge on any atom is 0.254 e. The van der Waals surface area contributed by atoms with Gasteiger partial charge < -0.3 is 15.1 Å². The zero-order valence-electron chi connectivity index (χ0n) is 12.9. The van der Waals surface area contributed by atoms with Gasteiger partial charge in [-0.15, -0.1) is 5.10 Å². The lowest BCUT2D eigenvalue weighted by atomic mass is 10.1. The van der Waals surface area contributed by atoms with Crippen LogP contribution in [0.15, 0.2) is 28.7 Å².